The quantitative estimate of drug-likeness (QED) is 0.623. The second kappa shape index (κ2) is 9.49. The molecule has 1 atom stereocenters. The van der Waals surface area contributed by atoms with E-state index in [0.717, 1.165) is 35.8 Å². The van der Waals surface area contributed by atoms with Crippen LogP contribution in [0, 0.1) is 5.82 Å². The second-order valence-corrected chi connectivity index (χ2v) is 6.00. The normalized spacial score (nSPS) is 12.6. The second-order valence-electron chi connectivity index (χ2n) is 5.09. The summed E-state index contributed by atoms with van der Waals surface area (Å²) in [5.74, 6) is -0.104. The van der Waals surface area contributed by atoms with Crippen LogP contribution < -0.4 is 5.32 Å². The predicted molar refractivity (Wildman–Crippen MR) is 84.0 cm³/mol. The first-order valence-corrected chi connectivity index (χ1v) is 8.14. The average Bonchev–Trinajstić information content (AvgIpc) is 2.39. The minimum Gasteiger partial charge on any atom is -0.314 e. The van der Waals surface area contributed by atoms with Crippen molar-refractivity contribution in [1.82, 2.24) is 5.32 Å². The maximum atomic E-state index is 13.9. The molecule has 1 N–H and O–H groups in total. The van der Waals surface area contributed by atoms with Gasteiger partial charge in [0.25, 0.3) is 0 Å². The number of hydrogen-bond acceptors (Lipinski definition) is 1. The van der Waals surface area contributed by atoms with Gasteiger partial charge in [0.05, 0.1) is 0 Å². The highest BCUT2D eigenvalue weighted by Crippen LogP contribution is 2.18. The smallest absolute Gasteiger partial charge is 0.127 e. The minimum absolute atomic E-state index is 0.104. The lowest BCUT2D eigenvalue weighted by atomic mass is 10.00. The third-order valence-electron chi connectivity index (χ3n) is 3.32. The number of hydrogen-bond donors (Lipinski definition) is 1. The molecule has 0 saturated heterocycles. The van der Waals surface area contributed by atoms with Crippen LogP contribution in [0.15, 0.2) is 22.7 Å². The summed E-state index contributed by atoms with van der Waals surface area (Å²) in [5, 5.41) is 3.54. The molecule has 1 aromatic rings. The predicted octanol–water partition coefficient (Wildman–Crippen LogP) is 5.08. The van der Waals surface area contributed by atoms with Crippen molar-refractivity contribution < 1.29 is 4.39 Å². The number of unbranched alkanes of at least 4 members (excludes halogenated alkanes) is 2. The van der Waals surface area contributed by atoms with Crippen LogP contribution in [0.2, 0.25) is 0 Å². The van der Waals surface area contributed by atoms with E-state index in [-0.39, 0.29) is 5.82 Å². The Labute approximate surface area is 125 Å². The van der Waals surface area contributed by atoms with Crippen LogP contribution in [0.1, 0.15) is 51.5 Å². The van der Waals surface area contributed by atoms with Crippen molar-refractivity contribution in [1.29, 1.82) is 0 Å². The van der Waals surface area contributed by atoms with Gasteiger partial charge in [-0.1, -0.05) is 55.1 Å². The Balaban J connectivity index is 2.58. The van der Waals surface area contributed by atoms with E-state index in [2.05, 4.69) is 35.1 Å². The van der Waals surface area contributed by atoms with Gasteiger partial charge in [0.15, 0.2) is 0 Å². The lowest BCUT2D eigenvalue weighted by Gasteiger charge is -2.19. The van der Waals surface area contributed by atoms with Gasteiger partial charge in [-0.3, -0.25) is 0 Å². The van der Waals surface area contributed by atoms with E-state index in [4.69, 9.17) is 0 Å². The lowest BCUT2D eigenvalue weighted by Crippen LogP contribution is -2.32. The largest absolute Gasteiger partial charge is 0.314 e. The summed E-state index contributed by atoms with van der Waals surface area (Å²) >= 11 is 3.30. The molecule has 1 nitrogen and oxygen atoms in total. The standard InChI is InChI=1S/C16H25BrFN/c1-3-5-6-7-15(19-10-4-2)11-13-8-9-14(17)12-16(13)18/h8-9,12,15,19H,3-7,10-11H2,1-2H3. The molecule has 0 spiro atoms. The van der Waals surface area contributed by atoms with Crippen molar-refractivity contribution in [2.75, 3.05) is 6.54 Å². The number of nitrogens with one attached hydrogen (secondary N) is 1. The number of rotatable bonds is 9. The van der Waals surface area contributed by atoms with E-state index in [1.54, 1.807) is 6.07 Å². The number of benzene rings is 1. The molecule has 108 valence electrons. The van der Waals surface area contributed by atoms with Gasteiger partial charge in [0.1, 0.15) is 5.82 Å². The average molecular weight is 330 g/mol. The molecule has 19 heavy (non-hydrogen) atoms. The van der Waals surface area contributed by atoms with Crippen LogP contribution in [0.3, 0.4) is 0 Å². The maximum Gasteiger partial charge on any atom is 0.127 e. The monoisotopic (exact) mass is 329 g/mol. The van der Waals surface area contributed by atoms with Crippen molar-refractivity contribution >= 4 is 15.9 Å². The number of halogens is 2. The molecule has 0 aromatic heterocycles. The van der Waals surface area contributed by atoms with E-state index in [1.165, 1.54) is 19.3 Å². The van der Waals surface area contributed by atoms with Gasteiger partial charge in [-0.2, -0.15) is 0 Å². The maximum absolute atomic E-state index is 13.9. The molecule has 0 heterocycles. The minimum atomic E-state index is -0.104. The summed E-state index contributed by atoms with van der Waals surface area (Å²) < 4.78 is 14.7. The van der Waals surface area contributed by atoms with Crippen molar-refractivity contribution in [2.45, 2.75) is 58.4 Å². The van der Waals surface area contributed by atoms with Crippen LogP contribution in [-0.2, 0) is 6.42 Å². The topological polar surface area (TPSA) is 12.0 Å². The Morgan fingerprint density at radius 1 is 1.21 bits per heavy atom. The molecule has 0 amide bonds. The molecule has 1 aromatic carbocycles. The summed E-state index contributed by atoms with van der Waals surface area (Å²) in [6.45, 7) is 5.38. The fraction of sp³-hybridized carbons (Fsp3) is 0.625. The molecule has 0 aliphatic carbocycles. The first-order valence-electron chi connectivity index (χ1n) is 7.34. The van der Waals surface area contributed by atoms with Crippen molar-refractivity contribution in [3.05, 3.63) is 34.1 Å². The SMILES string of the molecule is CCCCCC(Cc1ccc(Br)cc1F)NCCC. The van der Waals surface area contributed by atoms with Gasteiger partial charge in [-0.25, -0.2) is 4.39 Å². The summed E-state index contributed by atoms with van der Waals surface area (Å²) in [7, 11) is 0. The van der Waals surface area contributed by atoms with Crippen LogP contribution >= 0.6 is 15.9 Å². The van der Waals surface area contributed by atoms with Crippen LogP contribution in [0.4, 0.5) is 4.39 Å². The highest BCUT2D eigenvalue weighted by Gasteiger charge is 2.11. The van der Waals surface area contributed by atoms with Crippen LogP contribution in [0.5, 0.6) is 0 Å². The van der Waals surface area contributed by atoms with Crippen molar-refractivity contribution in [3.63, 3.8) is 0 Å². The Morgan fingerprint density at radius 3 is 2.63 bits per heavy atom. The highest BCUT2D eigenvalue weighted by molar-refractivity contribution is 9.10. The fourth-order valence-electron chi connectivity index (χ4n) is 2.22. The third kappa shape index (κ3) is 6.53. The summed E-state index contributed by atoms with van der Waals surface area (Å²) in [6.07, 6.45) is 6.73. The van der Waals surface area contributed by atoms with Gasteiger partial charge < -0.3 is 5.32 Å². The van der Waals surface area contributed by atoms with Gasteiger partial charge in [0, 0.05) is 10.5 Å². The zero-order valence-electron chi connectivity index (χ0n) is 12.0. The van der Waals surface area contributed by atoms with Crippen molar-refractivity contribution in [3.8, 4) is 0 Å². The molecule has 0 bridgehead atoms. The summed E-state index contributed by atoms with van der Waals surface area (Å²) in [6, 6.07) is 5.75. The van der Waals surface area contributed by atoms with Crippen LogP contribution in [-0.4, -0.2) is 12.6 Å². The fourth-order valence-corrected chi connectivity index (χ4v) is 2.55. The lowest BCUT2D eigenvalue weighted by molar-refractivity contribution is 0.449. The summed E-state index contributed by atoms with van der Waals surface area (Å²) in [4.78, 5) is 0. The van der Waals surface area contributed by atoms with E-state index >= 15 is 0 Å². The van der Waals surface area contributed by atoms with E-state index in [9.17, 15) is 4.39 Å². The van der Waals surface area contributed by atoms with Gasteiger partial charge >= 0.3 is 0 Å². The molecule has 1 rings (SSSR count). The molecule has 0 radical (unpaired) electrons. The molecule has 0 fully saturated rings. The molecular weight excluding hydrogens is 305 g/mol. The van der Waals surface area contributed by atoms with Crippen molar-refractivity contribution in [2.24, 2.45) is 0 Å². The van der Waals surface area contributed by atoms with E-state index < -0.39 is 0 Å². The van der Waals surface area contributed by atoms with Gasteiger partial charge in [-0.05, 0) is 43.5 Å². The zero-order valence-corrected chi connectivity index (χ0v) is 13.6. The Hall–Kier alpha value is -0.410. The first-order chi connectivity index (χ1) is 9.17. The highest BCUT2D eigenvalue weighted by atomic mass is 79.9. The van der Waals surface area contributed by atoms with Gasteiger partial charge in [0.2, 0.25) is 0 Å². The molecule has 0 saturated carbocycles. The Kier molecular flexibility index (Phi) is 8.31. The first kappa shape index (κ1) is 16.6. The Bertz CT molecular complexity index is 368. The van der Waals surface area contributed by atoms with E-state index in [1.807, 2.05) is 12.1 Å². The Morgan fingerprint density at radius 2 is 2.00 bits per heavy atom. The van der Waals surface area contributed by atoms with Gasteiger partial charge in [-0.15, -0.1) is 0 Å². The summed E-state index contributed by atoms with van der Waals surface area (Å²) in [5.41, 5.74) is 0.813. The van der Waals surface area contributed by atoms with E-state index in [0.29, 0.717) is 6.04 Å². The molecule has 3 heteroatoms. The molecular formula is C16H25BrFN. The third-order valence-corrected chi connectivity index (χ3v) is 3.81. The molecule has 0 aliphatic rings. The molecule has 0 aliphatic heterocycles. The zero-order chi connectivity index (χ0) is 14.1. The van der Waals surface area contributed by atoms with Crippen LogP contribution in [0.25, 0.3) is 0 Å². The molecule has 1 unspecified atom stereocenters.